The number of carbonyl (C=O) groups is 2. The van der Waals surface area contributed by atoms with Crippen LogP contribution in [0.1, 0.15) is 17.3 Å². The van der Waals surface area contributed by atoms with E-state index >= 15 is 0 Å². The Balaban J connectivity index is 2.02. The lowest BCUT2D eigenvalue weighted by molar-refractivity contribution is -0.119. The fourth-order valence-corrected chi connectivity index (χ4v) is 2.33. The fourth-order valence-electron chi connectivity index (χ4n) is 1.55. The maximum atomic E-state index is 11.9. The highest BCUT2D eigenvalue weighted by molar-refractivity contribution is 7.99. The molecule has 0 spiro atoms. The van der Waals surface area contributed by atoms with Gasteiger partial charge in [0.1, 0.15) is 11.1 Å². The summed E-state index contributed by atoms with van der Waals surface area (Å²) in [6.07, 6.45) is 1.73. The average molecular weight is 301 g/mol. The highest BCUT2D eigenvalue weighted by Crippen LogP contribution is 2.25. The molecule has 1 aromatic carbocycles. The van der Waals surface area contributed by atoms with E-state index in [9.17, 15) is 9.59 Å². The third kappa shape index (κ3) is 4.32. The van der Waals surface area contributed by atoms with Crippen LogP contribution in [-0.2, 0) is 4.79 Å². The molecule has 0 aliphatic rings. The number of pyridine rings is 1. The van der Waals surface area contributed by atoms with E-state index in [0.717, 1.165) is 9.92 Å². The molecule has 2 aromatic rings. The fraction of sp³-hybridized carbons (Fsp3) is 0.133. The van der Waals surface area contributed by atoms with Crippen LogP contribution in [0.25, 0.3) is 0 Å². The quantitative estimate of drug-likeness (QED) is 0.882. The van der Waals surface area contributed by atoms with Crippen molar-refractivity contribution >= 4 is 23.6 Å². The molecule has 0 radical (unpaired) electrons. The number of amides is 2. The Labute approximate surface area is 127 Å². The molecule has 1 atom stereocenters. The van der Waals surface area contributed by atoms with Gasteiger partial charge in [0.05, 0.1) is 0 Å². The van der Waals surface area contributed by atoms with Crippen molar-refractivity contribution in [1.29, 1.82) is 0 Å². The van der Waals surface area contributed by atoms with Crippen LogP contribution in [0.3, 0.4) is 0 Å². The number of nitrogens with two attached hydrogens (primary N) is 1. The van der Waals surface area contributed by atoms with Crippen molar-refractivity contribution in [3.05, 3.63) is 54.2 Å². The van der Waals surface area contributed by atoms with Crippen molar-refractivity contribution in [2.45, 2.75) is 22.9 Å². The minimum Gasteiger partial charge on any atom is -0.368 e. The predicted octanol–water partition coefficient (Wildman–Crippen LogP) is 1.84. The molecule has 2 rings (SSSR count). The molecule has 3 N–H and O–H groups in total. The lowest BCUT2D eigenvalue weighted by atomic mass is 10.2. The largest absolute Gasteiger partial charge is 0.368 e. The normalized spacial score (nSPS) is 11.7. The van der Waals surface area contributed by atoms with Crippen molar-refractivity contribution in [3.8, 4) is 0 Å². The summed E-state index contributed by atoms with van der Waals surface area (Å²) in [5, 5.41) is 3.42. The molecule has 0 unspecified atom stereocenters. The van der Waals surface area contributed by atoms with E-state index in [1.54, 1.807) is 25.3 Å². The van der Waals surface area contributed by atoms with Crippen LogP contribution >= 0.6 is 11.8 Å². The molecule has 2 amide bonds. The lowest BCUT2D eigenvalue weighted by Crippen LogP contribution is -2.42. The minimum absolute atomic E-state index is 0.323. The van der Waals surface area contributed by atoms with Gasteiger partial charge < -0.3 is 11.1 Å². The molecule has 0 saturated heterocycles. The molecule has 5 nitrogen and oxygen atoms in total. The van der Waals surface area contributed by atoms with Crippen LogP contribution in [0.4, 0.5) is 0 Å². The Morgan fingerprint density at radius 2 is 1.90 bits per heavy atom. The number of primary amides is 1. The van der Waals surface area contributed by atoms with Gasteiger partial charge in [-0.05, 0) is 43.3 Å². The molecular formula is C15H15N3O2S. The van der Waals surface area contributed by atoms with Gasteiger partial charge in [-0.1, -0.05) is 17.8 Å². The first-order valence-corrected chi connectivity index (χ1v) is 7.17. The van der Waals surface area contributed by atoms with E-state index in [1.807, 2.05) is 30.3 Å². The maximum absolute atomic E-state index is 11.9. The van der Waals surface area contributed by atoms with Gasteiger partial charge in [0.25, 0.3) is 5.91 Å². The number of aromatic nitrogens is 1. The molecule has 0 aliphatic heterocycles. The summed E-state index contributed by atoms with van der Waals surface area (Å²) >= 11 is 1.51. The highest BCUT2D eigenvalue weighted by atomic mass is 32.2. The zero-order valence-electron chi connectivity index (χ0n) is 11.4. The summed E-state index contributed by atoms with van der Waals surface area (Å²) in [4.78, 5) is 28.0. The zero-order chi connectivity index (χ0) is 15.2. The molecule has 1 heterocycles. The van der Waals surface area contributed by atoms with Crippen molar-refractivity contribution in [2.75, 3.05) is 0 Å². The molecule has 0 fully saturated rings. The summed E-state index contributed by atoms with van der Waals surface area (Å²) in [6, 6.07) is 12.1. The predicted molar refractivity (Wildman–Crippen MR) is 80.9 cm³/mol. The van der Waals surface area contributed by atoms with Gasteiger partial charge in [-0.3, -0.25) is 9.59 Å². The Kier molecular flexibility index (Phi) is 4.94. The van der Waals surface area contributed by atoms with E-state index < -0.39 is 11.9 Å². The van der Waals surface area contributed by atoms with E-state index in [-0.39, 0.29) is 5.91 Å². The Bertz CT molecular complexity index is 629. The monoisotopic (exact) mass is 301 g/mol. The van der Waals surface area contributed by atoms with Gasteiger partial charge in [-0.2, -0.15) is 0 Å². The topological polar surface area (TPSA) is 85.1 Å². The summed E-state index contributed by atoms with van der Waals surface area (Å²) in [7, 11) is 0. The molecule has 6 heteroatoms. The SMILES string of the molecule is C[C@H](NC(=O)c1ccc(Sc2ccccn2)cc1)C(N)=O. The van der Waals surface area contributed by atoms with Crippen LogP contribution in [0.2, 0.25) is 0 Å². The van der Waals surface area contributed by atoms with Crippen molar-refractivity contribution < 1.29 is 9.59 Å². The summed E-state index contributed by atoms with van der Waals surface area (Å²) in [6.45, 7) is 1.55. The summed E-state index contributed by atoms with van der Waals surface area (Å²) in [5.41, 5.74) is 5.59. The van der Waals surface area contributed by atoms with Gasteiger partial charge in [0.2, 0.25) is 5.91 Å². The number of nitrogens with one attached hydrogen (secondary N) is 1. The minimum atomic E-state index is -0.694. The number of hydrogen-bond acceptors (Lipinski definition) is 4. The second-order valence-corrected chi connectivity index (χ2v) is 5.49. The number of carbonyl (C=O) groups excluding carboxylic acids is 2. The standard InChI is InChI=1S/C15H15N3O2S/c1-10(14(16)19)18-15(20)11-5-7-12(8-6-11)21-13-4-2-3-9-17-13/h2-10H,1H3,(H2,16,19)(H,18,20)/t10-/m0/s1. The lowest BCUT2D eigenvalue weighted by Gasteiger charge is -2.10. The van der Waals surface area contributed by atoms with Crippen LogP contribution < -0.4 is 11.1 Å². The first kappa shape index (κ1) is 15.1. The van der Waals surface area contributed by atoms with Gasteiger partial charge in [-0.15, -0.1) is 0 Å². The number of nitrogens with zero attached hydrogens (tertiary/aromatic N) is 1. The Morgan fingerprint density at radius 1 is 1.19 bits per heavy atom. The average Bonchev–Trinajstić information content (AvgIpc) is 2.48. The molecule has 108 valence electrons. The van der Waals surface area contributed by atoms with Crippen LogP contribution in [0.15, 0.2) is 58.6 Å². The molecule has 1 aromatic heterocycles. The van der Waals surface area contributed by atoms with Gasteiger partial charge >= 0.3 is 0 Å². The maximum Gasteiger partial charge on any atom is 0.251 e. The second kappa shape index (κ2) is 6.90. The highest BCUT2D eigenvalue weighted by Gasteiger charge is 2.13. The van der Waals surface area contributed by atoms with Crippen LogP contribution in [0.5, 0.6) is 0 Å². The summed E-state index contributed by atoms with van der Waals surface area (Å²) < 4.78 is 0. The molecule has 0 bridgehead atoms. The van der Waals surface area contributed by atoms with Crippen molar-refractivity contribution in [1.82, 2.24) is 10.3 Å². The van der Waals surface area contributed by atoms with E-state index in [1.165, 1.54) is 11.8 Å². The van der Waals surface area contributed by atoms with Gasteiger partial charge in [0.15, 0.2) is 0 Å². The first-order valence-electron chi connectivity index (χ1n) is 6.35. The van der Waals surface area contributed by atoms with Gasteiger partial charge in [-0.25, -0.2) is 4.98 Å². The van der Waals surface area contributed by atoms with Gasteiger partial charge in [0, 0.05) is 16.7 Å². The molecule has 0 aliphatic carbocycles. The zero-order valence-corrected chi connectivity index (χ0v) is 12.3. The van der Waals surface area contributed by atoms with Crippen LogP contribution in [-0.4, -0.2) is 22.8 Å². The molecule has 21 heavy (non-hydrogen) atoms. The Hall–Kier alpha value is -2.34. The van der Waals surface area contributed by atoms with Crippen molar-refractivity contribution in [2.24, 2.45) is 5.73 Å². The Morgan fingerprint density at radius 3 is 2.48 bits per heavy atom. The smallest absolute Gasteiger partial charge is 0.251 e. The first-order chi connectivity index (χ1) is 10.1. The third-order valence-electron chi connectivity index (χ3n) is 2.75. The van der Waals surface area contributed by atoms with E-state index in [2.05, 4.69) is 10.3 Å². The summed E-state index contributed by atoms with van der Waals surface area (Å²) in [5.74, 6) is -0.888. The molecular weight excluding hydrogens is 286 g/mol. The third-order valence-corrected chi connectivity index (χ3v) is 3.71. The number of hydrogen-bond donors (Lipinski definition) is 2. The van der Waals surface area contributed by atoms with E-state index in [4.69, 9.17) is 5.73 Å². The van der Waals surface area contributed by atoms with Crippen molar-refractivity contribution in [3.63, 3.8) is 0 Å². The molecule has 0 saturated carbocycles. The van der Waals surface area contributed by atoms with Crippen LogP contribution in [0, 0.1) is 0 Å². The number of rotatable bonds is 5. The number of benzene rings is 1. The second-order valence-electron chi connectivity index (χ2n) is 4.39. The van der Waals surface area contributed by atoms with E-state index in [0.29, 0.717) is 5.56 Å².